The molecule has 6 heteroatoms. The van der Waals surface area contributed by atoms with Gasteiger partial charge in [-0.05, 0) is 54.4 Å². The van der Waals surface area contributed by atoms with Gasteiger partial charge in [-0.1, -0.05) is 142 Å². The van der Waals surface area contributed by atoms with Crippen LogP contribution in [-0.2, 0) is 0 Å². The molecule has 0 radical (unpaired) electrons. The molecule has 0 spiro atoms. The molecule has 4 nitrogen and oxygen atoms in total. The van der Waals surface area contributed by atoms with Gasteiger partial charge in [0.1, 0.15) is 22.3 Å². The van der Waals surface area contributed by atoms with E-state index >= 15 is 0 Å². The Morgan fingerprint density at radius 3 is 0.696 bits per heavy atom. The molecule has 0 aliphatic carbocycles. The van der Waals surface area contributed by atoms with E-state index in [1.807, 2.05) is 13.8 Å². The van der Waals surface area contributed by atoms with Crippen LogP contribution in [0.15, 0.2) is 0 Å². The lowest BCUT2D eigenvalue weighted by Gasteiger charge is -2.50. The zero-order chi connectivity index (χ0) is 34.6. The maximum absolute atomic E-state index is 10.9. The van der Waals surface area contributed by atoms with Gasteiger partial charge in [0.05, 0.1) is 42.3 Å². The van der Waals surface area contributed by atoms with Crippen molar-refractivity contribution in [3.63, 3.8) is 0 Å². The molecule has 0 rings (SSSR count). The number of unbranched alkanes of at least 4 members (excludes halogenated alkanes) is 18. The minimum absolute atomic E-state index is 0. The molecular formula is C40H88Cl2N2O2. The minimum Gasteiger partial charge on any atom is -1.00 e. The third-order valence-corrected chi connectivity index (χ3v) is 12.0. The largest absolute Gasteiger partial charge is 1.00 e. The summed E-state index contributed by atoms with van der Waals surface area (Å²) in [5.41, 5.74) is -1.48. The summed E-state index contributed by atoms with van der Waals surface area (Å²) in [6, 6.07) is 0. The van der Waals surface area contributed by atoms with Crippen LogP contribution in [-0.4, -0.2) is 83.7 Å². The zero-order valence-corrected chi connectivity index (χ0v) is 35.6. The third kappa shape index (κ3) is 21.5. The first kappa shape index (κ1) is 53.2. The normalized spacial score (nSPS) is 15.1. The van der Waals surface area contributed by atoms with Gasteiger partial charge in [-0.3, -0.25) is 0 Å². The van der Waals surface area contributed by atoms with Gasteiger partial charge in [-0.2, -0.15) is 0 Å². The Balaban J connectivity index is -0.000000367. The van der Waals surface area contributed by atoms with E-state index in [2.05, 4.69) is 83.8 Å². The SMILES string of the molecule is CCCCCCCCCCCCC(C)(O)C(C)(C)[N+](C)(C)C.CCCCCCCCCCCCC(C)(O)C(C)(C)[N+](C)(C)C.[Cl-].[Cl-]. The van der Waals surface area contributed by atoms with Crippen molar-refractivity contribution in [2.45, 2.75) is 219 Å². The molecule has 284 valence electrons. The second kappa shape index (κ2) is 26.3. The molecule has 2 atom stereocenters. The van der Waals surface area contributed by atoms with Gasteiger partial charge in [0.25, 0.3) is 0 Å². The Labute approximate surface area is 304 Å². The molecule has 0 bridgehead atoms. The molecular weight excluding hydrogens is 611 g/mol. The number of rotatable bonds is 26. The number of halogens is 2. The summed E-state index contributed by atoms with van der Waals surface area (Å²) < 4.78 is 1.58. The van der Waals surface area contributed by atoms with Crippen molar-refractivity contribution < 1.29 is 44.0 Å². The van der Waals surface area contributed by atoms with Crippen LogP contribution in [0.4, 0.5) is 0 Å². The van der Waals surface area contributed by atoms with Crippen LogP contribution < -0.4 is 24.8 Å². The van der Waals surface area contributed by atoms with E-state index in [1.165, 1.54) is 116 Å². The fourth-order valence-electron chi connectivity index (χ4n) is 5.97. The Kier molecular flexibility index (Phi) is 30.4. The number of quaternary nitrogens is 2. The van der Waals surface area contributed by atoms with Crippen molar-refractivity contribution in [2.24, 2.45) is 0 Å². The van der Waals surface area contributed by atoms with Crippen LogP contribution in [0.5, 0.6) is 0 Å². The molecule has 0 aliphatic rings. The highest BCUT2D eigenvalue weighted by Crippen LogP contribution is 2.35. The molecule has 0 aromatic carbocycles. The van der Waals surface area contributed by atoms with Crippen LogP contribution in [0.3, 0.4) is 0 Å². The molecule has 0 aromatic rings. The van der Waals surface area contributed by atoms with Gasteiger partial charge in [-0.15, -0.1) is 0 Å². The van der Waals surface area contributed by atoms with E-state index in [4.69, 9.17) is 0 Å². The smallest absolute Gasteiger partial charge is 0.122 e. The monoisotopic (exact) mass is 699 g/mol. The first-order valence-electron chi connectivity index (χ1n) is 19.2. The lowest BCUT2D eigenvalue weighted by atomic mass is 9.78. The van der Waals surface area contributed by atoms with Crippen LogP contribution in [0.25, 0.3) is 0 Å². The first-order chi connectivity index (χ1) is 20.1. The number of likely N-dealkylation sites (N-methyl/N-ethyl adjacent to an activating group) is 2. The molecule has 0 saturated carbocycles. The van der Waals surface area contributed by atoms with E-state index in [0.717, 1.165) is 34.6 Å². The zero-order valence-electron chi connectivity index (χ0n) is 34.1. The van der Waals surface area contributed by atoms with Gasteiger partial charge < -0.3 is 44.0 Å². The Morgan fingerprint density at radius 1 is 0.348 bits per heavy atom. The first-order valence-corrected chi connectivity index (χ1v) is 19.2. The van der Waals surface area contributed by atoms with Crippen LogP contribution >= 0.6 is 0 Å². The van der Waals surface area contributed by atoms with Gasteiger partial charge in [0, 0.05) is 0 Å². The fraction of sp³-hybridized carbons (Fsp3) is 1.00. The van der Waals surface area contributed by atoms with E-state index in [-0.39, 0.29) is 35.9 Å². The number of aliphatic hydroxyl groups is 2. The van der Waals surface area contributed by atoms with E-state index in [1.54, 1.807) is 0 Å². The van der Waals surface area contributed by atoms with Crippen molar-refractivity contribution in [2.75, 3.05) is 42.3 Å². The van der Waals surface area contributed by atoms with Crippen LogP contribution in [0.1, 0.15) is 197 Å². The second-order valence-electron chi connectivity index (χ2n) is 17.6. The molecule has 0 heterocycles. The maximum Gasteiger partial charge on any atom is 0.122 e. The molecule has 2 N–H and O–H groups in total. The third-order valence-electron chi connectivity index (χ3n) is 12.0. The highest BCUT2D eigenvalue weighted by atomic mass is 35.5. The molecule has 0 saturated heterocycles. The lowest BCUT2D eigenvalue weighted by Crippen LogP contribution is -3.00. The Hall–Kier alpha value is 0.420. The average molecular weight is 700 g/mol. The highest BCUT2D eigenvalue weighted by Gasteiger charge is 2.49. The Morgan fingerprint density at radius 2 is 0.522 bits per heavy atom. The summed E-state index contributed by atoms with van der Waals surface area (Å²) in [6.45, 7) is 17.3. The van der Waals surface area contributed by atoms with E-state index in [9.17, 15) is 10.2 Å². The predicted molar refractivity (Wildman–Crippen MR) is 198 cm³/mol. The van der Waals surface area contributed by atoms with Gasteiger partial charge in [0.15, 0.2) is 0 Å². The van der Waals surface area contributed by atoms with E-state index in [0.29, 0.717) is 0 Å². The second-order valence-corrected chi connectivity index (χ2v) is 17.6. The Bertz CT molecular complexity index is 622. The lowest BCUT2D eigenvalue weighted by molar-refractivity contribution is -0.928. The topological polar surface area (TPSA) is 40.5 Å². The predicted octanol–water partition coefficient (Wildman–Crippen LogP) is 5.07. The number of nitrogens with zero attached hydrogens (tertiary/aromatic N) is 2. The van der Waals surface area contributed by atoms with Gasteiger partial charge in [-0.25, -0.2) is 0 Å². The van der Waals surface area contributed by atoms with E-state index < -0.39 is 11.2 Å². The quantitative estimate of drug-likeness (QED) is 0.0979. The summed E-state index contributed by atoms with van der Waals surface area (Å²) in [5.74, 6) is 0. The summed E-state index contributed by atoms with van der Waals surface area (Å²) in [6.07, 6.45) is 28.8. The van der Waals surface area contributed by atoms with Crippen molar-refractivity contribution in [1.29, 1.82) is 0 Å². The molecule has 0 fully saturated rings. The molecule has 0 aliphatic heterocycles. The molecule has 2 unspecified atom stereocenters. The van der Waals surface area contributed by atoms with Crippen LogP contribution in [0, 0.1) is 0 Å². The van der Waals surface area contributed by atoms with Crippen molar-refractivity contribution in [3.05, 3.63) is 0 Å². The number of hydrogen-bond acceptors (Lipinski definition) is 2. The molecule has 0 amide bonds. The highest BCUT2D eigenvalue weighted by molar-refractivity contribution is 4.92. The van der Waals surface area contributed by atoms with Crippen molar-refractivity contribution in [1.82, 2.24) is 0 Å². The average Bonchev–Trinajstić information content (AvgIpc) is 2.89. The standard InChI is InChI=1S/2C20H44NO.2ClH/c2*1-8-9-10-11-12-13-14-15-16-17-18-20(4,22)19(2,3)21(5,6)7;;/h2*22H,8-18H2,1-7H3;2*1H/q2*+1;;/p-2. The summed E-state index contributed by atoms with van der Waals surface area (Å²) in [4.78, 5) is 0. The van der Waals surface area contributed by atoms with Crippen molar-refractivity contribution in [3.8, 4) is 0 Å². The summed E-state index contributed by atoms with van der Waals surface area (Å²) in [7, 11) is 13.0. The van der Waals surface area contributed by atoms with Gasteiger partial charge >= 0.3 is 0 Å². The summed E-state index contributed by atoms with van der Waals surface area (Å²) >= 11 is 0. The molecule has 46 heavy (non-hydrogen) atoms. The fourth-order valence-corrected chi connectivity index (χ4v) is 5.97. The summed E-state index contributed by atoms with van der Waals surface area (Å²) in [5, 5.41) is 21.8. The van der Waals surface area contributed by atoms with Crippen LogP contribution in [0.2, 0.25) is 0 Å². The maximum atomic E-state index is 10.9. The van der Waals surface area contributed by atoms with Gasteiger partial charge in [0.2, 0.25) is 0 Å². The molecule has 0 aromatic heterocycles. The minimum atomic E-state index is -0.606. The number of hydrogen-bond donors (Lipinski definition) is 2. The van der Waals surface area contributed by atoms with Crippen molar-refractivity contribution >= 4 is 0 Å².